The highest BCUT2D eigenvalue weighted by molar-refractivity contribution is 6.03. The van der Waals surface area contributed by atoms with E-state index >= 15 is 0 Å². The van der Waals surface area contributed by atoms with Crippen LogP contribution in [-0.2, 0) is 16.0 Å². The van der Waals surface area contributed by atoms with Crippen LogP contribution in [-0.4, -0.2) is 58.8 Å². The molecule has 8 nitrogen and oxygen atoms in total. The number of nitrogens with zero attached hydrogens (tertiary/aromatic N) is 2. The molecule has 2 aromatic rings. The van der Waals surface area contributed by atoms with Crippen molar-refractivity contribution in [1.82, 2.24) is 20.2 Å². The SMILES string of the molecule is COC(=O)c1ccnc2[nH]cc(CNC3CCCN(C(=O)OC(C)(C)C)C3)c12. The van der Waals surface area contributed by atoms with Gasteiger partial charge in [0.1, 0.15) is 11.2 Å². The van der Waals surface area contributed by atoms with E-state index in [2.05, 4.69) is 15.3 Å². The molecule has 1 unspecified atom stereocenters. The van der Waals surface area contributed by atoms with Crippen LogP contribution in [0.2, 0.25) is 0 Å². The molecule has 0 radical (unpaired) electrons. The Bertz CT molecular complexity index is 855. The Morgan fingerprint density at radius 2 is 2.18 bits per heavy atom. The number of ether oxygens (including phenoxy) is 2. The number of piperidine rings is 1. The van der Waals surface area contributed by atoms with Gasteiger partial charge in [0, 0.05) is 43.5 Å². The van der Waals surface area contributed by atoms with E-state index in [1.807, 2.05) is 27.0 Å². The molecule has 152 valence electrons. The molecule has 0 saturated carbocycles. The van der Waals surface area contributed by atoms with Gasteiger partial charge in [-0.3, -0.25) is 0 Å². The van der Waals surface area contributed by atoms with Crippen molar-refractivity contribution >= 4 is 23.1 Å². The lowest BCUT2D eigenvalue weighted by molar-refractivity contribution is 0.0187. The zero-order valence-corrected chi connectivity index (χ0v) is 16.9. The van der Waals surface area contributed by atoms with Crippen LogP contribution >= 0.6 is 0 Å². The third-order valence-electron chi connectivity index (χ3n) is 4.71. The maximum absolute atomic E-state index is 12.3. The Morgan fingerprint density at radius 3 is 2.89 bits per heavy atom. The van der Waals surface area contributed by atoms with E-state index in [1.165, 1.54) is 7.11 Å². The number of hydrogen-bond donors (Lipinski definition) is 2. The number of fused-ring (bicyclic) bond motifs is 1. The average molecular weight is 388 g/mol. The van der Waals surface area contributed by atoms with Crippen molar-refractivity contribution in [2.24, 2.45) is 0 Å². The number of aromatic nitrogens is 2. The van der Waals surface area contributed by atoms with Crippen molar-refractivity contribution < 1.29 is 19.1 Å². The van der Waals surface area contributed by atoms with Gasteiger partial charge in [0.25, 0.3) is 0 Å². The highest BCUT2D eigenvalue weighted by Crippen LogP contribution is 2.22. The number of pyridine rings is 1. The number of amides is 1. The van der Waals surface area contributed by atoms with E-state index in [9.17, 15) is 9.59 Å². The smallest absolute Gasteiger partial charge is 0.410 e. The third kappa shape index (κ3) is 4.62. The molecule has 28 heavy (non-hydrogen) atoms. The summed E-state index contributed by atoms with van der Waals surface area (Å²) >= 11 is 0. The maximum atomic E-state index is 12.3. The molecule has 8 heteroatoms. The van der Waals surface area contributed by atoms with Gasteiger partial charge in [0.05, 0.1) is 12.7 Å². The molecular formula is C20H28N4O4. The van der Waals surface area contributed by atoms with Crippen LogP contribution in [0.25, 0.3) is 11.0 Å². The van der Waals surface area contributed by atoms with E-state index < -0.39 is 5.60 Å². The molecule has 0 aromatic carbocycles. The summed E-state index contributed by atoms with van der Waals surface area (Å²) in [5, 5.41) is 4.26. The highest BCUT2D eigenvalue weighted by Gasteiger charge is 2.27. The number of nitrogens with one attached hydrogen (secondary N) is 2. The summed E-state index contributed by atoms with van der Waals surface area (Å²) in [6.45, 7) is 7.47. The Morgan fingerprint density at radius 1 is 1.39 bits per heavy atom. The number of methoxy groups -OCH3 is 1. The fourth-order valence-electron chi connectivity index (χ4n) is 3.43. The minimum absolute atomic E-state index is 0.157. The van der Waals surface area contributed by atoms with Crippen LogP contribution in [0.15, 0.2) is 18.5 Å². The van der Waals surface area contributed by atoms with E-state index in [1.54, 1.807) is 17.2 Å². The first-order valence-corrected chi connectivity index (χ1v) is 9.53. The Labute approximate surface area is 164 Å². The summed E-state index contributed by atoms with van der Waals surface area (Å²) in [6, 6.07) is 1.82. The number of carbonyl (C=O) groups excluding carboxylic acids is 2. The van der Waals surface area contributed by atoms with Crippen molar-refractivity contribution in [3.8, 4) is 0 Å². The van der Waals surface area contributed by atoms with Crippen LogP contribution in [0, 0.1) is 0 Å². The van der Waals surface area contributed by atoms with Crippen molar-refractivity contribution in [1.29, 1.82) is 0 Å². The fourth-order valence-corrected chi connectivity index (χ4v) is 3.43. The van der Waals surface area contributed by atoms with Gasteiger partial charge in [-0.2, -0.15) is 0 Å². The first kappa shape index (κ1) is 20.1. The number of rotatable bonds is 4. The standard InChI is InChI=1S/C20H28N4O4/c1-20(2,3)28-19(26)24-9-5-6-14(12-24)22-10-13-11-23-17-16(13)15(7-8-21-17)18(25)27-4/h7-8,11,14,22H,5-6,9-10,12H2,1-4H3,(H,21,23). The van der Waals surface area contributed by atoms with Crippen molar-refractivity contribution in [2.75, 3.05) is 20.2 Å². The molecule has 1 saturated heterocycles. The van der Waals surface area contributed by atoms with E-state index in [0.717, 1.165) is 23.8 Å². The van der Waals surface area contributed by atoms with Crippen LogP contribution in [0.3, 0.4) is 0 Å². The molecule has 0 spiro atoms. The lowest BCUT2D eigenvalue weighted by Crippen LogP contribution is -2.49. The first-order valence-electron chi connectivity index (χ1n) is 9.53. The minimum atomic E-state index is -0.501. The molecule has 0 bridgehead atoms. The number of esters is 1. The fraction of sp³-hybridized carbons (Fsp3) is 0.550. The molecule has 1 fully saturated rings. The second kappa shape index (κ2) is 8.18. The summed E-state index contributed by atoms with van der Waals surface area (Å²) in [6.07, 6.45) is 5.06. The highest BCUT2D eigenvalue weighted by atomic mass is 16.6. The minimum Gasteiger partial charge on any atom is -0.465 e. The van der Waals surface area contributed by atoms with E-state index in [-0.39, 0.29) is 18.1 Å². The van der Waals surface area contributed by atoms with Crippen LogP contribution in [0.5, 0.6) is 0 Å². The normalized spacial score (nSPS) is 17.6. The molecular weight excluding hydrogens is 360 g/mol. The predicted molar refractivity (Wildman–Crippen MR) is 105 cm³/mol. The van der Waals surface area contributed by atoms with Gasteiger partial charge in [0.15, 0.2) is 0 Å². The summed E-state index contributed by atoms with van der Waals surface area (Å²) in [4.78, 5) is 33.5. The van der Waals surface area contributed by atoms with Crippen molar-refractivity contribution in [3.63, 3.8) is 0 Å². The molecule has 3 heterocycles. The molecule has 1 aliphatic rings. The summed E-state index contributed by atoms with van der Waals surface area (Å²) in [7, 11) is 1.37. The molecule has 0 aliphatic carbocycles. The van der Waals surface area contributed by atoms with Crippen LogP contribution < -0.4 is 5.32 Å². The van der Waals surface area contributed by atoms with Crippen LogP contribution in [0.1, 0.15) is 49.5 Å². The molecule has 1 atom stereocenters. The zero-order chi connectivity index (χ0) is 20.3. The number of H-pyrrole nitrogens is 1. The van der Waals surface area contributed by atoms with Crippen molar-refractivity contribution in [2.45, 2.75) is 51.8 Å². The molecule has 2 N–H and O–H groups in total. The second-order valence-corrected chi connectivity index (χ2v) is 8.03. The van der Waals surface area contributed by atoms with Gasteiger partial charge < -0.3 is 24.7 Å². The summed E-state index contributed by atoms with van der Waals surface area (Å²) in [5.41, 5.74) is 1.58. The number of carbonyl (C=O) groups is 2. The number of likely N-dealkylation sites (tertiary alicyclic amines) is 1. The Balaban J connectivity index is 1.67. The Kier molecular flexibility index (Phi) is 5.88. The first-order chi connectivity index (χ1) is 13.3. The quantitative estimate of drug-likeness (QED) is 0.782. The molecule has 1 amide bonds. The van der Waals surface area contributed by atoms with Crippen molar-refractivity contribution in [3.05, 3.63) is 29.6 Å². The topological polar surface area (TPSA) is 96.5 Å². The van der Waals surface area contributed by atoms with Gasteiger partial charge in [-0.15, -0.1) is 0 Å². The maximum Gasteiger partial charge on any atom is 0.410 e. The number of hydrogen-bond acceptors (Lipinski definition) is 6. The number of aromatic amines is 1. The van der Waals surface area contributed by atoms with Crippen LogP contribution in [0.4, 0.5) is 4.79 Å². The van der Waals surface area contributed by atoms with Gasteiger partial charge in [-0.25, -0.2) is 14.6 Å². The van der Waals surface area contributed by atoms with E-state index in [4.69, 9.17) is 9.47 Å². The van der Waals surface area contributed by atoms with Gasteiger partial charge in [-0.05, 0) is 45.2 Å². The van der Waals surface area contributed by atoms with Gasteiger partial charge in [0.2, 0.25) is 0 Å². The Hall–Kier alpha value is -2.61. The lowest BCUT2D eigenvalue weighted by Gasteiger charge is -2.34. The van der Waals surface area contributed by atoms with Gasteiger partial charge in [-0.1, -0.05) is 0 Å². The monoisotopic (exact) mass is 388 g/mol. The van der Waals surface area contributed by atoms with E-state index in [0.29, 0.717) is 30.8 Å². The summed E-state index contributed by atoms with van der Waals surface area (Å²) < 4.78 is 10.4. The average Bonchev–Trinajstić information content (AvgIpc) is 3.08. The largest absolute Gasteiger partial charge is 0.465 e. The second-order valence-electron chi connectivity index (χ2n) is 8.03. The predicted octanol–water partition coefficient (Wildman–Crippen LogP) is 2.84. The molecule has 1 aliphatic heterocycles. The van der Waals surface area contributed by atoms with Gasteiger partial charge >= 0.3 is 12.1 Å². The molecule has 3 rings (SSSR count). The summed E-state index contributed by atoms with van der Waals surface area (Å²) in [5.74, 6) is -0.387. The lowest BCUT2D eigenvalue weighted by atomic mass is 10.0. The third-order valence-corrected chi connectivity index (χ3v) is 4.71. The zero-order valence-electron chi connectivity index (χ0n) is 16.9. The molecule has 2 aromatic heterocycles.